The standard InChI is InChI=1S/C15H19NO4/c1-10-8-9-20-14(10)15(19)16-12-5-3-2-4-11(12)6-7-13(17)18/h2-5,10,14H,6-9H2,1H3,(H,16,19)(H,17,18). The van der Waals surface area contributed by atoms with E-state index in [1.165, 1.54) is 0 Å². The molecule has 1 amide bonds. The van der Waals surface area contributed by atoms with E-state index in [1.807, 2.05) is 25.1 Å². The summed E-state index contributed by atoms with van der Waals surface area (Å²) < 4.78 is 5.43. The Bertz CT molecular complexity index is 500. The molecule has 1 saturated heterocycles. The molecule has 2 N–H and O–H groups in total. The van der Waals surface area contributed by atoms with Gasteiger partial charge in [-0.05, 0) is 30.4 Å². The van der Waals surface area contributed by atoms with E-state index < -0.39 is 12.1 Å². The zero-order chi connectivity index (χ0) is 14.5. The second-order valence-electron chi connectivity index (χ2n) is 5.10. The largest absolute Gasteiger partial charge is 0.481 e. The number of amides is 1. The van der Waals surface area contributed by atoms with Gasteiger partial charge in [-0.25, -0.2) is 0 Å². The average Bonchev–Trinajstić information content (AvgIpc) is 2.84. The lowest BCUT2D eigenvalue weighted by atomic mass is 10.0. The van der Waals surface area contributed by atoms with Gasteiger partial charge in [-0.15, -0.1) is 0 Å². The summed E-state index contributed by atoms with van der Waals surface area (Å²) in [5.41, 5.74) is 1.50. The Morgan fingerprint density at radius 3 is 2.80 bits per heavy atom. The minimum absolute atomic E-state index is 0.0449. The predicted octanol–water partition coefficient (Wildman–Crippen LogP) is 2.07. The van der Waals surface area contributed by atoms with Crippen LogP contribution < -0.4 is 5.32 Å². The van der Waals surface area contributed by atoms with Crippen LogP contribution in [0, 0.1) is 5.92 Å². The number of carboxylic acid groups (broad SMARTS) is 1. The Labute approximate surface area is 117 Å². The van der Waals surface area contributed by atoms with Crippen LogP contribution >= 0.6 is 0 Å². The summed E-state index contributed by atoms with van der Waals surface area (Å²) in [6.45, 7) is 2.60. The number of carboxylic acids is 1. The molecule has 2 atom stereocenters. The summed E-state index contributed by atoms with van der Waals surface area (Å²) in [4.78, 5) is 22.8. The van der Waals surface area contributed by atoms with E-state index >= 15 is 0 Å². The van der Waals surface area contributed by atoms with Gasteiger partial charge in [0, 0.05) is 18.7 Å². The third-order valence-corrected chi connectivity index (χ3v) is 3.53. The van der Waals surface area contributed by atoms with Gasteiger partial charge in [-0.3, -0.25) is 9.59 Å². The number of benzene rings is 1. The maximum Gasteiger partial charge on any atom is 0.303 e. The van der Waals surface area contributed by atoms with Gasteiger partial charge >= 0.3 is 5.97 Å². The molecule has 0 saturated carbocycles. The summed E-state index contributed by atoms with van der Waals surface area (Å²) in [5, 5.41) is 11.6. The zero-order valence-corrected chi connectivity index (χ0v) is 11.5. The van der Waals surface area contributed by atoms with Crippen LogP contribution in [0.1, 0.15) is 25.3 Å². The van der Waals surface area contributed by atoms with Crippen molar-refractivity contribution >= 4 is 17.6 Å². The Kier molecular flexibility index (Phi) is 4.74. The number of ether oxygens (including phenoxy) is 1. The molecule has 0 radical (unpaired) electrons. The third kappa shape index (κ3) is 3.57. The molecule has 5 heteroatoms. The zero-order valence-electron chi connectivity index (χ0n) is 11.5. The van der Waals surface area contributed by atoms with Crippen molar-refractivity contribution in [1.82, 2.24) is 0 Å². The van der Waals surface area contributed by atoms with E-state index in [-0.39, 0.29) is 18.2 Å². The second kappa shape index (κ2) is 6.52. The Hall–Kier alpha value is -1.88. The monoisotopic (exact) mass is 277 g/mol. The van der Waals surface area contributed by atoms with Crippen LogP contribution in [0.3, 0.4) is 0 Å². The Morgan fingerprint density at radius 2 is 2.15 bits per heavy atom. The number of hydrogen-bond acceptors (Lipinski definition) is 3. The van der Waals surface area contributed by atoms with Crippen molar-refractivity contribution < 1.29 is 19.4 Å². The molecule has 108 valence electrons. The highest BCUT2D eigenvalue weighted by atomic mass is 16.5. The number of hydrogen-bond donors (Lipinski definition) is 2. The van der Waals surface area contributed by atoms with Crippen molar-refractivity contribution in [3.05, 3.63) is 29.8 Å². The molecule has 1 aliphatic rings. The molecular formula is C15H19NO4. The Balaban J connectivity index is 2.04. The third-order valence-electron chi connectivity index (χ3n) is 3.53. The van der Waals surface area contributed by atoms with Crippen LogP contribution in [0.5, 0.6) is 0 Å². The summed E-state index contributed by atoms with van der Waals surface area (Å²) in [5.74, 6) is -0.794. The summed E-state index contributed by atoms with van der Waals surface area (Å²) in [6.07, 6.45) is 0.914. The molecule has 0 bridgehead atoms. The van der Waals surface area contributed by atoms with Crippen LogP contribution in [0.25, 0.3) is 0 Å². The fourth-order valence-electron chi connectivity index (χ4n) is 2.34. The van der Waals surface area contributed by atoms with Crippen molar-refractivity contribution in [1.29, 1.82) is 0 Å². The van der Waals surface area contributed by atoms with Crippen LogP contribution in [0.15, 0.2) is 24.3 Å². The lowest BCUT2D eigenvalue weighted by Gasteiger charge is -2.16. The van der Waals surface area contributed by atoms with Gasteiger partial charge < -0.3 is 15.2 Å². The fourth-order valence-corrected chi connectivity index (χ4v) is 2.34. The number of nitrogens with one attached hydrogen (secondary N) is 1. The van der Waals surface area contributed by atoms with E-state index in [0.717, 1.165) is 12.0 Å². The summed E-state index contributed by atoms with van der Waals surface area (Å²) in [7, 11) is 0. The molecule has 2 unspecified atom stereocenters. The molecule has 1 aromatic rings. The van der Waals surface area contributed by atoms with Crippen molar-refractivity contribution in [2.24, 2.45) is 5.92 Å². The number of anilines is 1. The topological polar surface area (TPSA) is 75.6 Å². The van der Waals surface area contributed by atoms with E-state index in [2.05, 4.69) is 5.32 Å². The van der Waals surface area contributed by atoms with Gasteiger partial charge in [-0.2, -0.15) is 0 Å². The number of rotatable bonds is 5. The molecule has 5 nitrogen and oxygen atoms in total. The van der Waals surface area contributed by atoms with Gasteiger partial charge in [0.25, 0.3) is 5.91 Å². The van der Waals surface area contributed by atoms with E-state index in [4.69, 9.17) is 9.84 Å². The normalized spacial score (nSPS) is 21.6. The molecule has 1 aromatic carbocycles. The molecule has 1 aliphatic heterocycles. The quantitative estimate of drug-likeness (QED) is 0.864. The number of carbonyl (C=O) groups is 2. The average molecular weight is 277 g/mol. The minimum atomic E-state index is -0.848. The van der Waals surface area contributed by atoms with E-state index in [0.29, 0.717) is 18.7 Å². The molecular weight excluding hydrogens is 258 g/mol. The second-order valence-corrected chi connectivity index (χ2v) is 5.10. The lowest BCUT2D eigenvalue weighted by Crippen LogP contribution is -2.31. The molecule has 1 heterocycles. The number of aliphatic carboxylic acids is 1. The van der Waals surface area contributed by atoms with Crippen LogP contribution in [0.2, 0.25) is 0 Å². The van der Waals surface area contributed by atoms with Crippen LogP contribution in [-0.2, 0) is 20.7 Å². The lowest BCUT2D eigenvalue weighted by molar-refractivity contribution is -0.137. The first-order valence-corrected chi connectivity index (χ1v) is 6.80. The maximum atomic E-state index is 12.2. The van der Waals surface area contributed by atoms with E-state index in [1.54, 1.807) is 6.07 Å². The molecule has 2 rings (SSSR count). The van der Waals surface area contributed by atoms with Gasteiger partial charge in [0.15, 0.2) is 0 Å². The fraction of sp³-hybridized carbons (Fsp3) is 0.467. The first kappa shape index (κ1) is 14.5. The number of para-hydroxylation sites is 1. The maximum absolute atomic E-state index is 12.2. The SMILES string of the molecule is CC1CCOC1C(=O)Nc1ccccc1CCC(=O)O. The van der Waals surface area contributed by atoms with Gasteiger partial charge in [0.05, 0.1) is 0 Å². The number of aryl methyl sites for hydroxylation is 1. The highest BCUT2D eigenvalue weighted by Crippen LogP contribution is 2.23. The molecule has 0 aromatic heterocycles. The minimum Gasteiger partial charge on any atom is -0.481 e. The summed E-state index contributed by atoms with van der Waals surface area (Å²) >= 11 is 0. The van der Waals surface area contributed by atoms with Gasteiger partial charge in [0.1, 0.15) is 6.10 Å². The van der Waals surface area contributed by atoms with Gasteiger partial charge in [0.2, 0.25) is 0 Å². The molecule has 1 fully saturated rings. The van der Waals surface area contributed by atoms with Crippen molar-refractivity contribution in [2.45, 2.75) is 32.3 Å². The van der Waals surface area contributed by atoms with Crippen LogP contribution in [0.4, 0.5) is 5.69 Å². The molecule has 20 heavy (non-hydrogen) atoms. The van der Waals surface area contributed by atoms with E-state index in [9.17, 15) is 9.59 Å². The Morgan fingerprint density at radius 1 is 1.40 bits per heavy atom. The molecule has 0 aliphatic carbocycles. The van der Waals surface area contributed by atoms with Gasteiger partial charge in [-0.1, -0.05) is 25.1 Å². The van der Waals surface area contributed by atoms with Crippen molar-refractivity contribution in [3.63, 3.8) is 0 Å². The smallest absolute Gasteiger partial charge is 0.303 e. The predicted molar refractivity (Wildman–Crippen MR) is 74.5 cm³/mol. The highest BCUT2D eigenvalue weighted by molar-refractivity contribution is 5.95. The summed E-state index contributed by atoms with van der Waals surface area (Å²) in [6, 6.07) is 7.27. The number of carbonyl (C=O) groups excluding carboxylic acids is 1. The van der Waals surface area contributed by atoms with Crippen LogP contribution in [-0.4, -0.2) is 29.7 Å². The molecule has 0 spiro atoms. The first-order valence-electron chi connectivity index (χ1n) is 6.80. The van der Waals surface area contributed by atoms with Crippen molar-refractivity contribution in [2.75, 3.05) is 11.9 Å². The highest BCUT2D eigenvalue weighted by Gasteiger charge is 2.31. The van der Waals surface area contributed by atoms with Crippen molar-refractivity contribution in [3.8, 4) is 0 Å². The first-order chi connectivity index (χ1) is 9.58.